The maximum absolute atomic E-state index is 4.62. The van der Waals surface area contributed by atoms with Gasteiger partial charge in [-0.2, -0.15) is 0 Å². The largest absolute Gasteiger partial charge is 0.329 e. The van der Waals surface area contributed by atoms with Gasteiger partial charge in [0.2, 0.25) is 0 Å². The summed E-state index contributed by atoms with van der Waals surface area (Å²) in [4.78, 5) is 8.90. The minimum absolute atomic E-state index is 0.695. The second-order valence-electron chi connectivity index (χ2n) is 5.51. The molecule has 1 fully saturated rings. The summed E-state index contributed by atoms with van der Waals surface area (Å²) in [6.07, 6.45) is 4.54. The van der Waals surface area contributed by atoms with Crippen molar-refractivity contribution in [2.45, 2.75) is 18.8 Å². The average molecular weight is 263 g/mol. The molecule has 20 heavy (non-hydrogen) atoms. The van der Waals surface area contributed by atoms with Gasteiger partial charge >= 0.3 is 0 Å². The van der Waals surface area contributed by atoms with Gasteiger partial charge in [-0.05, 0) is 37.1 Å². The number of aromatic nitrogens is 1. The van der Waals surface area contributed by atoms with Crippen molar-refractivity contribution in [1.29, 1.82) is 0 Å². The van der Waals surface area contributed by atoms with Gasteiger partial charge in [-0.3, -0.25) is 9.88 Å². The first kappa shape index (κ1) is 11.5. The molecule has 0 N–H and O–H groups in total. The molecule has 0 unspecified atom stereocenters. The van der Waals surface area contributed by atoms with Crippen LogP contribution in [0.4, 0.5) is 17.1 Å². The highest BCUT2D eigenvalue weighted by atomic mass is 15.4. The van der Waals surface area contributed by atoms with Gasteiger partial charge in [-0.15, -0.1) is 0 Å². The molecular formula is C17H17N3. The van der Waals surface area contributed by atoms with Gasteiger partial charge in [-0.1, -0.05) is 18.7 Å². The molecule has 1 saturated carbocycles. The van der Waals surface area contributed by atoms with E-state index < -0.39 is 0 Å². The fourth-order valence-corrected chi connectivity index (χ4v) is 2.80. The Morgan fingerprint density at radius 2 is 1.85 bits per heavy atom. The second-order valence-corrected chi connectivity index (χ2v) is 5.51. The maximum atomic E-state index is 4.62. The van der Waals surface area contributed by atoms with Gasteiger partial charge in [0.05, 0.1) is 23.3 Å². The van der Waals surface area contributed by atoms with Gasteiger partial charge in [0.1, 0.15) is 5.82 Å². The first-order valence-corrected chi connectivity index (χ1v) is 7.03. The van der Waals surface area contributed by atoms with Crippen LogP contribution in [0, 0.1) is 0 Å². The van der Waals surface area contributed by atoms with Crippen LogP contribution < -0.4 is 9.80 Å². The van der Waals surface area contributed by atoms with Crippen LogP contribution in [0.3, 0.4) is 0 Å². The SMILES string of the molecule is C=C1N(C)c2ccccc2N1c1ccc(C2CC2)nc1. The van der Waals surface area contributed by atoms with E-state index in [1.54, 1.807) is 0 Å². The Bertz CT molecular complexity index is 671. The Hall–Kier alpha value is -2.29. The first-order valence-electron chi connectivity index (χ1n) is 7.03. The van der Waals surface area contributed by atoms with Crippen LogP contribution in [-0.2, 0) is 0 Å². The molecule has 0 saturated heterocycles. The van der Waals surface area contributed by atoms with E-state index >= 15 is 0 Å². The number of para-hydroxylation sites is 2. The van der Waals surface area contributed by atoms with Gasteiger partial charge in [0, 0.05) is 18.7 Å². The lowest BCUT2D eigenvalue weighted by Gasteiger charge is -2.21. The third-order valence-electron chi connectivity index (χ3n) is 4.15. The molecular weight excluding hydrogens is 246 g/mol. The molecule has 2 heterocycles. The Kier molecular flexibility index (Phi) is 2.36. The average Bonchev–Trinajstić information content (AvgIpc) is 3.29. The number of benzene rings is 1. The summed E-state index contributed by atoms with van der Waals surface area (Å²) < 4.78 is 0. The number of nitrogens with zero attached hydrogens (tertiary/aromatic N) is 3. The van der Waals surface area contributed by atoms with Crippen molar-refractivity contribution in [2.75, 3.05) is 16.8 Å². The van der Waals surface area contributed by atoms with Crippen LogP contribution >= 0.6 is 0 Å². The summed E-state index contributed by atoms with van der Waals surface area (Å²) in [6, 6.07) is 12.7. The van der Waals surface area contributed by atoms with Crippen LogP contribution in [0.25, 0.3) is 0 Å². The van der Waals surface area contributed by atoms with Crippen LogP contribution in [0.2, 0.25) is 0 Å². The minimum atomic E-state index is 0.695. The highest BCUT2D eigenvalue weighted by molar-refractivity contribution is 5.87. The van der Waals surface area contributed by atoms with Crippen molar-refractivity contribution in [3.63, 3.8) is 0 Å². The fourth-order valence-electron chi connectivity index (χ4n) is 2.80. The zero-order chi connectivity index (χ0) is 13.7. The summed E-state index contributed by atoms with van der Waals surface area (Å²) in [5.74, 6) is 1.66. The number of rotatable bonds is 2. The molecule has 0 spiro atoms. The summed E-state index contributed by atoms with van der Waals surface area (Å²) in [5, 5.41) is 0. The lowest BCUT2D eigenvalue weighted by Crippen LogP contribution is -2.20. The predicted molar refractivity (Wildman–Crippen MR) is 82.3 cm³/mol. The van der Waals surface area contributed by atoms with Gasteiger partial charge in [0.15, 0.2) is 0 Å². The molecule has 0 amide bonds. The van der Waals surface area contributed by atoms with E-state index in [4.69, 9.17) is 0 Å². The van der Waals surface area contributed by atoms with Crippen LogP contribution in [0.15, 0.2) is 55.0 Å². The van der Waals surface area contributed by atoms with E-state index in [0.29, 0.717) is 5.92 Å². The molecule has 2 aliphatic rings. The molecule has 1 aromatic heterocycles. The zero-order valence-electron chi connectivity index (χ0n) is 11.6. The van der Waals surface area contributed by atoms with E-state index in [2.05, 4.69) is 57.8 Å². The number of fused-ring (bicyclic) bond motifs is 1. The molecule has 1 aliphatic heterocycles. The van der Waals surface area contributed by atoms with Crippen molar-refractivity contribution >= 4 is 17.1 Å². The number of hydrogen-bond donors (Lipinski definition) is 0. The molecule has 0 radical (unpaired) electrons. The van der Waals surface area contributed by atoms with Gasteiger partial charge < -0.3 is 4.90 Å². The lowest BCUT2D eigenvalue weighted by molar-refractivity contribution is 1.01. The van der Waals surface area contributed by atoms with Crippen LogP contribution in [-0.4, -0.2) is 12.0 Å². The summed E-state index contributed by atoms with van der Waals surface area (Å²) in [6.45, 7) is 4.20. The third kappa shape index (κ3) is 1.63. The number of hydrogen-bond acceptors (Lipinski definition) is 3. The Balaban J connectivity index is 1.75. The Labute approximate surface area is 119 Å². The van der Waals surface area contributed by atoms with Crippen molar-refractivity contribution in [3.05, 3.63) is 60.7 Å². The molecule has 1 aromatic carbocycles. The highest BCUT2D eigenvalue weighted by Crippen LogP contribution is 2.45. The van der Waals surface area contributed by atoms with E-state index in [0.717, 1.165) is 11.5 Å². The maximum Gasteiger partial charge on any atom is 0.110 e. The number of pyridine rings is 1. The van der Waals surface area contributed by atoms with E-state index in [1.165, 1.54) is 29.9 Å². The van der Waals surface area contributed by atoms with Crippen LogP contribution in [0.5, 0.6) is 0 Å². The monoisotopic (exact) mass is 263 g/mol. The summed E-state index contributed by atoms with van der Waals surface area (Å²) in [5.41, 5.74) is 4.65. The fraction of sp³-hybridized carbons (Fsp3) is 0.235. The molecule has 3 nitrogen and oxygen atoms in total. The number of anilines is 3. The van der Waals surface area contributed by atoms with E-state index in [1.807, 2.05) is 13.2 Å². The molecule has 0 atom stereocenters. The van der Waals surface area contributed by atoms with Crippen molar-refractivity contribution in [3.8, 4) is 0 Å². The van der Waals surface area contributed by atoms with Crippen molar-refractivity contribution in [2.24, 2.45) is 0 Å². The summed E-state index contributed by atoms with van der Waals surface area (Å²) in [7, 11) is 2.05. The quantitative estimate of drug-likeness (QED) is 0.815. The van der Waals surface area contributed by atoms with Gasteiger partial charge in [-0.25, -0.2) is 0 Å². The molecule has 3 heteroatoms. The Morgan fingerprint density at radius 1 is 1.10 bits per heavy atom. The lowest BCUT2D eigenvalue weighted by atomic mass is 10.2. The van der Waals surface area contributed by atoms with Gasteiger partial charge in [0.25, 0.3) is 0 Å². The standard InChI is InChI=1S/C17H17N3/c1-12-19(2)16-5-3-4-6-17(16)20(12)14-9-10-15(18-11-14)13-7-8-13/h3-6,9-11,13H,1,7-8H2,2H3. The molecule has 100 valence electrons. The third-order valence-corrected chi connectivity index (χ3v) is 4.15. The topological polar surface area (TPSA) is 19.4 Å². The minimum Gasteiger partial charge on any atom is -0.329 e. The van der Waals surface area contributed by atoms with Crippen molar-refractivity contribution < 1.29 is 0 Å². The van der Waals surface area contributed by atoms with E-state index in [-0.39, 0.29) is 0 Å². The predicted octanol–water partition coefficient (Wildman–Crippen LogP) is 4.02. The zero-order valence-corrected chi connectivity index (χ0v) is 11.6. The van der Waals surface area contributed by atoms with Crippen molar-refractivity contribution in [1.82, 2.24) is 4.98 Å². The second kappa shape index (κ2) is 4.10. The molecule has 2 aromatic rings. The smallest absolute Gasteiger partial charge is 0.110 e. The molecule has 4 rings (SSSR count). The molecule has 1 aliphatic carbocycles. The summed E-state index contributed by atoms with van der Waals surface area (Å²) >= 11 is 0. The Morgan fingerprint density at radius 3 is 2.50 bits per heavy atom. The van der Waals surface area contributed by atoms with E-state index in [9.17, 15) is 0 Å². The normalized spacial score (nSPS) is 17.6. The molecule has 0 bridgehead atoms. The van der Waals surface area contributed by atoms with Crippen LogP contribution in [0.1, 0.15) is 24.5 Å². The first-order chi connectivity index (χ1) is 9.75. The highest BCUT2D eigenvalue weighted by Gasteiger charge is 2.29.